The summed E-state index contributed by atoms with van der Waals surface area (Å²) in [6, 6.07) is 30.3. The van der Waals surface area contributed by atoms with Crippen molar-refractivity contribution in [2.24, 2.45) is 0 Å². The molecule has 2 aliphatic heterocycles. The zero-order valence-corrected chi connectivity index (χ0v) is 43.7. The fourth-order valence-corrected chi connectivity index (χ4v) is 8.39. The van der Waals surface area contributed by atoms with Gasteiger partial charge in [0.2, 0.25) is 11.6 Å². The molecule has 10 aromatic rings. The fourth-order valence-electron chi connectivity index (χ4n) is 8.39. The maximum Gasteiger partial charge on any atom is 0.338 e. The minimum Gasteiger partial charge on any atom is -0.482 e. The molecule has 0 aliphatic carbocycles. The highest BCUT2D eigenvalue weighted by Crippen LogP contribution is 2.30. The third-order valence-electron chi connectivity index (χ3n) is 12.2. The first-order valence-corrected chi connectivity index (χ1v) is 25.1. The molecule has 4 amide bonds. The average Bonchev–Trinajstić information content (AvgIpc) is 4.45. The van der Waals surface area contributed by atoms with Crippen molar-refractivity contribution in [1.29, 1.82) is 0 Å². The van der Waals surface area contributed by atoms with Gasteiger partial charge >= 0.3 is 11.9 Å². The number of carbonyl (C=O) groups is 6. The van der Waals surface area contributed by atoms with Crippen LogP contribution >= 0.6 is 0 Å². The SMILES string of the molecule is CC(C)(C)OC(=O)c1ccc(Cn2nnc(-c3cc(C(=O)NCc4ccc5c(c4)NC(=O)CO5)nc4ccnn34)n2)cc1.O=C1COc2ccc(CNC(=O)c3cc(-c4nnn(Cc5ccc(C(=O)O)cc5)n4)n4nccc4n3)cc2N1. The van der Waals surface area contributed by atoms with Crippen LogP contribution in [0.15, 0.2) is 122 Å². The fraction of sp³-hybridized carbons (Fsp3) is 0.185. The number of tetrazole rings is 2. The van der Waals surface area contributed by atoms with Crippen molar-refractivity contribution in [1.82, 2.24) is 80.2 Å². The third-order valence-corrected chi connectivity index (χ3v) is 12.2. The lowest BCUT2D eigenvalue weighted by molar-refractivity contribution is -0.119. The van der Waals surface area contributed by atoms with Crippen LogP contribution in [0.25, 0.3) is 34.3 Å². The van der Waals surface area contributed by atoms with Gasteiger partial charge in [0.25, 0.3) is 23.6 Å². The molecule has 0 atom stereocenters. The van der Waals surface area contributed by atoms with E-state index >= 15 is 0 Å². The van der Waals surface area contributed by atoms with Crippen molar-refractivity contribution in [3.63, 3.8) is 0 Å². The molecule has 0 bridgehead atoms. The number of aromatic carboxylic acids is 1. The summed E-state index contributed by atoms with van der Waals surface area (Å²) in [6.45, 7) is 6.35. The first-order chi connectivity index (χ1) is 39.5. The van der Waals surface area contributed by atoms with E-state index in [1.807, 2.05) is 26.8 Å². The van der Waals surface area contributed by atoms with Crippen molar-refractivity contribution >= 4 is 58.2 Å². The van der Waals surface area contributed by atoms with Crippen LogP contribution in [0.3, 0.4) is 0 Å². The summed E-state index contributed by atoms with van der Waals surface area (Å²) in [5, 5.41) is 54.3. The lowest BCUT2D eigenvalue weighted by Crippen LogP contribution is -2.26. The van der Waals surface area contributed by atoms with E-state index in [0.717, 1.165) is 22.3 Å². The Kier molecular flexibility index (Phi) is 14.3. The van der Waals surface area contributed by atoms with Gasteiger partial charge in [-0.2, -0.15) is 19.8 Å². The van der Waals surface area contributed by atoms with Gasteiger partial charge in [0.15, 0.2) is 24.5 Å². The number of amides is 4. The molecule has 0 radical (unpaired) electrons. The number of fused-ring (bicyclic) bond motifs is 4. The number of hydrogen-bond donors (Lipinski definition) is 5. The lowest BCUT2D eigenvalue weighted by Gasteiger charge is -2.19. The molecule has 82 heavy (non-hydrogen) atoms. The molecule has 0 saturated carbocycles. The second-order valence-electron chi connectivity index (χ2n) is 19.4. The van der Waals surface area contributed by atoms with E-state index < -0.39 is 29.4 Å². The highest BCUT2D eigenvalue weighted by Gasteiger charge is 2.23. The van der Waals surface area contributed by atoms with E-state index in [-0.39, 0.29) is 73.3 Å². The topological polar surface area (TPSA) is 346 Å². The number of hydrogen-bond acceptors (Lipinski definition) is 19. The maximum absolute atomic E-state index is 13.1. The minimum atomic E-state index is -1.01. The van der Waals surface area contributed by atoms with Gasteiger partial charge in [0.1, 0.15) is 39.9 Å². The number of nitrogens with one attached hydrogen (secondary N) is 4. The molecule has 8 heterocycles. The minimum absolute atomic E-state index is 0.0281. The van der Waals surface area contributed by atoms with Crippen LogP contribution in [0, 0.1) is 0 Å². The monoisotopic (exact) mass is 1110 g/mol. The summed E-state index contributed by atoms with van der Waals surface area (Å²) in [4.78, 5) is 84.3. The molecule has 0 saturated heterocycles. The van der Waals surface area contributed by atoms with Gasteiger partial charge in [-0.05, 0) is 114 Å². The number of benzene rings is 4. The van der Waals surface area contributed by atoms with Crippen molar-refractivity contribution in [2.45, 2.75) is 52.6 Å². The molecule has 12 rings (SSSR count). The van der Waals surface area contributed by atoms with Crippen molar-refractivity contribution < 1.29 is 48.1 Å². The Morgan fingerprint density at radius 3 is 1.48 bits per heavy atom. The summed E-state index contributed by atoms with van der Waals surface area (Å²) in [5.41, 5.74) is 6.30. The summed E-state index contributed by atoms with van der Waals surface area (Å²) in [6.07, 6.45) is 3.11. The normalized spacial score (nSPS) is 12.6. The molecule has 4 aromatic carbocycles. The molecule has 28 nitrogen and oxygen atoms in total. The highest BCUT2D eigenvalue weighted by molar-refractivity contribution is 5.97. The van der Waals surface area contributed by atoms with Gasteiger partial charge in [-0.15, -0.1) is 20.4 Å². The molecular weight excluding hydrogens is 1060 g/mol. The summed E-state index contributed by atoms with van der Waals surface area (Å²) >= 11 is 0. The summed E-state index contributed by atoms with van der Waals surface area (Å²) in [5.74, 6) is -1.10. The van der Waals surface area contributed by atoms with Crippen LogP contribution in [0.2, 0.25) is 0 Å². The number of anilines is 2. The van der Waals surface area contributed by atoms with Gasteiger partial charge in [-0.1, -0.05) is 36.4 Å². The zero-order chi connectivity index (χ0) is 57.1. The Morgan fingerprint density at radius 1 is 0.598 bits per heavy atom. The molecule has 2 aliphatic rings. The largest absolute Gasteiger partial charge is 0.482 e. The standard InChI is InChI=1S/C29H27N9O5.C25H19N9O5/c1-29(2,3)43-28(41)19-7-4-17(5-8-19)15-37-35-26(34-36-37)22-13-21(32-24-10-11-31-38(22)24)27(40)30-14-18-6-9-23-20(12-18)33-25(39)16-42-23;35-22-13-39-20-6-3-15(9-17(20)29-22)11-26-24(36)18-10-19(34-21(28-18)7-8-27-34)23-30-32-33(31-23)12-14-1-4-16(5-2-14)25(37)38/h4-13H,14-16H2,1-3H3,(H,30,40)(H,33,39);1-10H,11-13H2,(H,26,36)(H,29,35)(H,37,38). The Balaban J connectivity index is 0.000000173. The Labute approximate surface area is 462 Å². The lowest BCUT2D eigenvalue weighted by atomic mass is 10.1. The van der Waals surface area contributed by atoms with E-state index in [2.05, 4.69) is 72.3 Å². The first kappa shape index (κ1) is 52.7. The number of ether oxygens (including phenoxy) is 3. The van der Waals surface area contributed by atoms with E-state index in [4.69, 9.17) is 19.3 Å². The molecule has 0 fully saturated rings. The Hall–Kier alpha value is -11.3. The van der Waals surface area contributed by atoms with Gasteiger partial charge in [-0.3, -0.25) is 19.2 Å². The predicted molar refractivity (Wildman–Crippen MR) is 286 cm³/mol. The second kappa shape index (κ2) is 22.2. The van der Waals surface area contributed by atoms with Crippen molar-refractivity contribution in [3.8, 4) is 34.5 Å². The first-order valence-electron chi connectivity index (χ1n) is 25.1. The van der Waals surface area contributed by atoms with E-state index in [9.17, 15) is 28.8 Å². The van der Waals surface area contributed by atoms with Crippen LogP contribution in [0.4, 0.5) is 11.4 Å². The molecule has 5 N–H and O–H groups in total. The number of aromatic nitrogens is 14. The molecule has 28 heteroatoms. The number of carboxylic acids is 1. The number of esters is 1. The third kappa shape index (κ3) is 12.0. The van der Waals surface area contributed by atoms with Crippen molar-refractivity contribution in [2.75, 3.05) is 23.8 Å². The smallest absolute Gasteiger partial charge is 0.338 e. The molecule has 0 unspecified atom stereocenters. The highest BCUT2D eigenvalue weighted by atomic mass is 16.6. The molecule has 6 aromatic heterocycles. The van der Waals surface area contributed by atoms with Crippen LogP contribution in [-0.2, 0) is 40.5 Å². The van der Waals surface area contributed by atoms with Crippen LogP contribution in [0.1, 0.15) is 84.7 Å². The Morgan fingerprint density at radius 2 is 1.04 bits per heavy atom. The molecule has 0 spiro atoms. The number of rotatable bonds is 14. The summed E-state index contributed by atoms with van der Waals surface area (Å²) < 4.78 is 19.2. The van der Waals surface area contributed by atoms with Crippen LogP contribution in [-0.4, -0.2) is 129 Å². The predicted octanol–water partition coefficient (Wildman–Crippen LogP) is 4.04. The van der Waals surface area contributed by atoms with Crippen LogP contribution < -0.4 is 30.7 Å². The van der Waals surface area contributed by atoms with Gasteiger partial charge in [-0.25, -0.2) is 28.6 Å². The average molecular weight is 1110 g/mol. The van der Waals surface area contributed by atoms with E-state index in [0.29, 0.717) is 57.7 Å². The quantitative estimate of drug-likeness (QED) is 0.0959. The second-order valence-corrected chi connectivity index (χ2v) is 19.4. The Bertz CT molecular complexity index is 4130. The van der Waals surface area contributed by atoms with E-state index in [1.165, 1.54) is 36.8 Å². The van der Waals surface area contributed by atoms with E-state index in [1.54, 1.807) is 97.3 Å². The number of nitrogens with zero attached hydrogens (tertiary/aromatic N) is 14. The maximum atomic E-state index is 13.1. The number of carbonyl (C=O) groups excluding carboxylic acids is 5. The summed E-state index contributed by atoms with van der Waals surface area (Å²) in [7, 11) is 0. The van der Waals surface area contributed by atoms with Crippen LogP contribution in [0.5, 0.6) is 11.5 Å². The van der Waals surface area contributed by atoms with Gasteiger partial charge in [0.05, 0.1) is 48.0 Å². The molecular formula is C54H46N18O10. The van der Waals surface area contributed by atoms with Crippen molar-refractivity contribution in [3.05, 3.63) is 166 Å². The van der Waals surface area contributed by atoms with Gasteiger partial charge < -0.3 is 40.6 Å². The zero-order valence-electron chi connectivity index (χ0n) is 43.7. The molecule has 412 valence electrons. The van der Waals surface area contributed by atoms with Gasteiger partial charge in [0, 0.05) is 25.2 Å². The number of carboxylic acid groups (broad SMARTS) is 1.